The smallest absolute Gasteiger partial charge is 0.339 e. The number of non-ortho nitro benzene ring substituents is 1. The van der Waals surface area contributed by atoms with E-state index in [0.29, 0.717) is 23.1 Å². The highest BCUT2D eigenvalue weighted by atomic mass is 35.5. The van der Waals surface area contributed by atoms with Crippen LogP contribution in [-0.2, 0) is 9.53 Å². The van der Waals surface area contributed by atoms with E-state index in [1.807, 2.05) is 0 Å². The van der Waals surface area contributed by atoms with Crippen molar-refractivity contribution in [3.8, 4) is 11.3 Å². The van der Waals surface area contributed by atoms with E-state index in [9.17, 15) is 29.3 Å². The van der Waals surface area contributed by atoms with Gasteiger partial charge in [-0.2, -0.15) is 0 Å². The van der Waals surface area contributed by atoms with Crippen molar-refractivity contribution in [2.75, 3.05) is 13.7 Å². The van der Waals surface area contributed by atoms with Crippen LogP contribution in [-0.4, -0.2) is 46.4 Å². The second kappa shape index (κ2) is 10.2. The predicted octanol–water partition coefficient (Wildman–Crippen LogP) is 5.21. The van der Waals surface area contributed by atoms with Gasteiger partial charge in [-0.25, -0.2) is 4.79 Å². The van der Waals surface area contributed by atoms with E-state index in [2.05, 4.69) is 0 Å². The van der Waals surface area contributed by atoms with E-state index in [4.69, 9.17) is 20.8 Å². The number of esters is 1. The fraction of sp³-hybridized carbons (Fsp3) is 0.0833. The zero-order valence-corrected chi connectivity index (χ0v) is 20.0. The first-order chi connectivity index (χ1) is 17.2. The SMILES string of the molecule is COC(=O)c1cc(-c2ccc(/C=C3/SC(=O)N(CC(=O)c4ccc([N+](=O)[O-])cc4)C3=O)o2)ccc1Cl. The average molecular weight is 527 g/mol. The van der Waals surface area contributed by atoms with E-state index in [1.54, 1.807) is 18.2 Å². The van der Waals surface area contributed by atoms with Gasteiger partial charge in [-0.05, 0) is 54.2 Å². The number of nitrogens with zero attached hydrogens (tertiary/aromatic N) is 2. The first-order valence-electron chi connectivity index (χ1n) is 10.2. The van der Waals surface area contributed by atoms with Crippen LogP contribution in [0.1, 0.15) is 26.5 Å². The Bertz CT molecular complexity index is 1440. The second-order valence-corrected chi connectivity index (χ2v) is 8.78. The Morgan fingerprint density at radius 2 is 1.86 bits per heavy atom. The number of carbonyl (C=O) groups excluding carboxylic acids is 4. The molecule has 0 atom stereocenters. The molecule has 2 aromatic carbocycles. The number of rotatable bonds is 7. The number of nitro benzene ring substituents is 1. The monoisotopic (exact) mass is 526 g/mol. The summed E-state index contributed by atoms with van der Waals surface area (Å²) in [5, 5.41) is 10.4. The molecule has 3 aromatic rings. The molecule has 0 unspecified atom stereocenters. The van der Waals surface area contributed by atoms with Crippen LogP contribution in [0.3, 0.4) is 0 Å². The zero-order chi connectivity index (χ0) is 26.0. The Morgan fingerprint density at radius 1 is 1.14 bits per heavy atom. The molecule has 1 saturated heterocycles. The number of methoxy groups -OCH3 is 1. The molecule has 4 rings (SSSR count). The van der Waals surface area contributed by atoms with Crippen molar-refractivity contribution in [1.82, 2.24) is 4.90 Å². The zero-order valence-electron chi connectivity index (χ0n) is 18.4. The summed E-state index contributed by atoms with van der Waals surface area (Å²) in [6.07, 6.45) is 1.38. The molecule has 1 aromatic heterocycles. The summed E-state index contributed by atoms with van der Waals surface area (Å²) >= 11 is 6.70. The molecule has 1 aliphatic rings. The van der Waals surface area contributed by atoms with E-state index in [0.717, 1.165) is 4.90 Å². The first-order valence-corrected chi connectivity index (χ1v) is 11.4. The maximum Gasteiger partial charge on any atom is 0.339 e. The second-order valence-electron chi connectivity index (χ2n) is 7.38. The minimum Gasteiger partial charge on any atom is -0.465 e. The lowest BCUT2D eigenvalue weighted by molar-refractivity contribution is -0.384. The van der Waals surface area contributed by atoms with Gasteiger partial charge in [0.2, 0.25) is 0 Å². The van der Waals surface area contributed by atoms with Gasteiger partial charge >= 0.3 is 5.97 Å². The number of hydrogen-bond acceptors (Lipinski definition) is 9. The van der Waals surface area contributed by atoms with Gasteiger partial charge in [-0.1, -0.05) is 11.6 Å². The van der Waals surface area contributed by atoms with Crippen LogP contribution in [0, 0.1) is 10.1 Å². The molecule has 36 heavy (non-hydrogen) atoms. The van der Waals surface area contributed by atoms with Crippen LogP contribution >= 0.6 is 23.4 Å². The molecule has 0 spiro atoms. The van der Waals surface area contributed by atoms with Gasteiger partial charge in [0.25, 0.3) is 16.8 Å². The molecule has 0 aliphatic carbocycles. The van der Waals surface area contributed by atoms with Crippen molar-refractivity contribution in [3.63, 3.8) is 0 Å². The van der Waals surface area contributed by atoms with E-state index >= 15 is 0 Å². The molecule has 0 radical (unpaired) electrons. The van der Waals surface area contributed by atoms with Crippen molar-refractivity contribution in [2.24, 2.45) is 0 Å². The first kappa shape index (κ1) is 24.9. The summed E-state index contributed by atoms with van der Waals surface area (Å²) in [5.74, 6) is -1.16. The predicted molar refractivity (Wildman–Crippen MR) is 131 cm³/mol. The Labute approximate surface area is 212 Å². The van der Waals surface area contributed by atoms with Crippen molar-refractivity contribution >= 4 is 58.0 Å². The number of Topliss-reactive ketones (excluding diaryl/α,β-unsaturated/α-hetero) is 1. The normalized spacial score (nSPS) is 14.4. The van der Waals surface area contributed by atoms with E-state index in [-0.39, 0.29) is 32.5 Å². The number of thioether (sulfide) groups is 1. The average Bonchev–Trinajstić information content (AvgIpc) is 3.44. The molecular formula is C24H15ClN2O8S. The van der Waals surface area contributed by atoms with Crippen LogP contribution in [0.2, 0.25) is 5.02 Å². The van der Waals surface area contributed by atoms with Crippen LogP contribution in [0.25, 0.3) is 17.4 Å². The molecule has 0 N–H and O–H groups in total. The van der Waals surface area contributed by atoms with Crippen molar-refractivity contribution < 1.29 is 33.3 Å². The fourth-order valence-electron chi connectivity index (χ4n) is 3.30. The molecular weight excluding hydrogens is 512 g/mol. The number of hydrogen-bond donors (Lipinski definition) is 0. The summed E-state index contributed by atoms with van der Waals surface area (Å²) in [6, 6.07) is 12.8. The molecule has 10 nitrogen and oxygen atoms in total. The Hall–Kier alpha value is -4.22. The fourth-order valence-corrected chi connectivity index (χ4v) is 4.31. The maximum atomic E-state index is 12.8. The Kier molecular flexibility index (Phi) is 7.04. The number of carbonyl (C=O) groups is 4. The van der Waals surface area contributed by atoms with Crippen molar-refractivity contribution in [2.45, 2.75) is 0 Å². The summed E-state index contributed by atoms with van der Waals surface area (Å²) < 4.78 is 10.5. The molecule has 1 fully saturated rings. The van der Waals surface area contributed by atoms with E-state index < -0.39 is 34.4 Å². The van der Waals surface area contributed by atoms with Gasteiger partial charge in [-0.15, -0.1) is 0 Å². The third-order valence-electron chi connectivity index (χ3n) is 5.13. The summed E-state index contributed by atoms with van der Waals surface area (Å²) in [5.41, 5.74) is 0.654. The number of ketones is 1. The molecule has 2 amide bonds. The minimum atomic E-state index is -0.669. The molecule has 12 heteroatoms. The minimum absolute atomic E-state index is 0.0590. The van der Waals surface area contributed by atoms with E-state index in [1.165, 1.54) is 49.6 Å². The number of nitro groups is 1. The number of furan rings is 1. The number of benzene rings is 2. The lowest BCUT2D eigenvalue weighted by Gasteiger charge is -2.11. The summed E-state index contributed by atoms with van der Waals surface area (Å²) in [7, 11) is 1.24. The highest BCUT2D eigenvalue weighted by Crippen LogP contribution is 2.34. The highest BCUT2D eigenvalue weighted by molar-refractivity contribution is 8.18. The number of imide groups is 1. The number of amides is 2. The number of halogens is 1. The van der Waals surface area contributed by atoms with Crippen LogP contribution in [0.5, 0.6) is 0 Å². The quantitative estimate of drug-likeness (QED) is 0.133. The van der Waals surface area contributed by atoms with Crippen molar-refractivity contribution in [3.05, 3.63) is 91.5 Å². The van der Waals surface area contributed by atoms with Gasteiger partial charge in [0.05, 0.1) is 34.1 Å². The standard InChI is InChI=1S/C24H15ClN2O8S/c1-34-23(30)17-10-14(4-8-18(17)25)20-9-7-16(35-20)11-21-22(29)26(24(31)36-21)12-19(28)13-2-5-15(6-3-13)27(32)33/h2-11H,12H2,1H3/b21-11+. The maximum absolute atomic E-state index is 12.8. The molecule has 182 valence electrons. The third-order valence-corrected chi connectivity index (χ3v) is 6.37. The lowest BCUT2D eigenvalue weighted by Crippen LogP contribution is -2.33. The van der Waals surface area contributed by atoms with Crippen LogP contribution in [0.4, 0.5) is 10.5 Å². The van der Waals surface area contributed by atoms with Crippen LogP contribution < -0.4 is 0 Å². The molecule has 0 saturated carbocycles. The lowest BCUT2D eigenvalue weighted by atomic mass is 10.1. The summed E-state index contributed by atoms with van der Waals surface area (Å²) in [4.78, 5) is 60.6. The number of ether oxygens (including phenoxy) is 1. The van der Waals surface area contributed by atoms with Gasteiger partial charge in [-0.3, -0.25) is 29.4 Å². The van der Waals surface area contributed by atoms with Crippen molar-refractivity contribution in [1.29, 1.82) is 0 Å². The topological polar surface area (TPSA) is 137 Å². The Morgan fingerprint density at radius 3 is 2.53 bits per heavy atom. The molecule has 1 aliphatic heterocycles. The largest absolute Gasteiger partial charge is 0.465 e. The van der Waals surface area contributed by atoms with Gasteiger partial charge in [0.1, 0.15) is 11.5 Å². The van der Waals surface area contributed by atoms with Gasteiger partial charge in [0, 0.05) is 29.3 Å². The highest BCUT2D eigenvalue weighted by Gasteiger charge is 2.36. The van der Waals surface area contributed by atoms with Crippen LogP contribution in [0.15, 0.2) is 63.9 Å². The van der Waals surface area contributed by atoms with Gasteiger partial charge in [0.15, 0.2) is 5.78 Å². The molecule has 2 heterocycles. The molecule has 0 bridgehead atoms. The summed E-state index contributed by atoms with van der Waals surface area (Å²) in [6.45, 7) is -0.510. The van der Waals surface area contributed by atoms with Gasteiger partial charge < -0.3 is 9.15 Å². The Balaban J connectivity index is 1.50. The third kappa shape index (κ3) is 5.07.